The molecule has 0 heterocycles. The average Bonchev–Trinajstić information content (AvgIpc) is 2.35. The Morgan fingerprint density at radius 1 is 1.24 bits per heavy atom. The monoisotopic (exact) mass is 231 g/mol. The molecule has 1 nitrogen and oxygen atoms in total. The van der Waals surface area contributed by atoms with E-state index < -0.39 is 0 Å². The van der Waals surface area contributed by atoms with Gasteiger partial charge < -0.3 is 5.73 Å². The predicted molar refractivity (Wildman–Crippen MR) is 77.1 cm³/mol. The molecular weight excluding hydrogens is 206 g/mol. The van der Waals surface area contributed by atoms with E-state index in [0.29, 0.717) is 0 Å². The van der Waals surface area contributed by atoms with Gasteiger partial charge in [0.15, 0.2) is 0 Å². The molecule has 0 aliphatic rings. The molecule has 0 aliphatic heterocycles. The zero-order chi connectivity index (χ0) is 12.7. The van der Waals surface area contributed by atoms with Crippen molar-refractivity contribution in [3.63, 3.8) is 0 Å². The Kier molecular flexibility index (Phi) is 5.99. The molecule has 0 aromatic heterocycles. The molecule has 2 N–H and O–H groups in total. The van der Waals surface area contributed by atoms with Crippen LogP contribution < -0.4 is 5.73 Å². The lowest BCUT2D eigenvalue weighted by atomic mass is 9.94. The van der Waals surface area contributed by atoms with Crippen LogP contribution in [0.1, 0.15) is 49.3 Å². The Hall–Kier alpha value is -1.08. The molecule has 0 saturated carbocycles. The number of hydrogen-bond acceptors (Lipinski definition) is 1. The van der Waals surface area contributed by atoms with E-state index in [0.717, 1.165) is 25.8 Å². The highest BCUT2D eigenvalue weighted by Crippen LogP contribution is 2.23. The summed E-state index contributed by atoms with van der Waals surface area (Å²) in [6.45, 7) is 9.29. The Morgan fingerprint density at radius 2 is 2.00 bits per heavy atom. The van der Waals surface area contributed by atoms with E-state index in [-0.39, 0.29) is 0 Å². The normalized spacial score (nSPS) is 10.5. The topological polar surface area (TPSA) is 26.0 Å². The molecule has 0 fully saturated rings. The van der Waals surface area contributed by atoms with Crippen LogP contribution in [0.25, 0.3) is 5.57 Å². The molecule has 0 saturated heterocycles. The van der Waals surface area contributed by atoms with Gasteiger partial charge in [0.25, 0.3) is 0 Å². The van der Waals surface area contributed by atoms with Gasteiger partial charge in [-0.3, -0.25) is 0 Å². The van der Waals surface area contributed by atoms with Gasteiger partial charge in [-0.1, -0.05) is 43.7 Å². The molecule has 17 heavy (non-hydrogen) atoms. The summed E-state index contributed by atoms with van der Waals surface area (Å²) in [4.78, 5) is 0. The second-order valence-electron chi connectivity index (χ2n) is 4.72. The fraction of sp³-hybridized carbons (Fsp3) is 0.500. The molecule has 1 aromatic carbocycles. The highest BCUT2D eigenvalue weighted by atomic mass is 14.5. The first-order chi connectivity index (χ1) is 8.19. The highest BCUT2D eigenvalue weighted by molar-refractivity contribution is 5.66. The second kappa shape index (κ2) is 7.29. The molecule has 0 bridgehead atoms. The SMILES string of the molecule is C=C(CC)c1cc(C)ccc1CCCCCN. The van der Waals surface area contributed by atoms with E-state index >= 15 is 0 Å². The third-order valence-electron chi connectivity index (χ3n) is 3.22. The van der Waals surface area contributed by atoms with Crippen LogP contribution in [0, 0.1) is 6.92 Å². The minimum Gasteiger partial charge on any atom is -0.330 e. The van der Waals surface area contributed by atoms with Crippen LogP contribution in [-0.4, -0.2) is 6.54 Å². The van der Waals surface area contributed by atoms with Crippen molar-refractivity contribution in [3.8, 4) is 0 Å². The van der Waals surface area contributed by atoms with E-state index in [1.54, 1.807) is 0 Å². The summed E-state index contributed by atoms with van der Waals surface area (Å²) < 4.78 is 0. The average molecular weight is 231 g/mol. The smallest absolute Gasteiger partial charge is 0.00773 e. The number of aryl methyl sites for hydroxylation is 2. The molecule has 0 unspecified atom stereocenters. The summed E-state index contributed by atoms with van der Waals surface area (Å²) in [5.41, 5.74) is 10.9. The Bertz CT molecular complexity index is 366. The predicted octanol–water partition coefficient (Wildman–Crippen LogP) is 4.09. The Balaban J connectivity index is 2.72. The maximum absolute atomic E-state index is 5.51. The van der Waals surface area contributed by atoms with Crippen molar-refractivity contribution in [2.75, 3.05) is 6.54 Å². The number of hydrogen-bond donors (Lipinski definition) is 1. The minimum atomic E-state index is 0.808. The third kappa shape index (κ3) is 4.35. The summed E-state index contributed by atoms with van der Waals surface area (Å²) in [6, 6.07) is 6.72. The molecule has 0 atom stereocenters. The molecule has 1 rings (SSSR count). The van der Waals surface area contributed by atoms with Crippen molar-refractivity contribution >= 4 is 5.57 Å². The summed E-state index contributed by atoms with van der Waals surface area (Å²) >= 11 is 0. The maximum Gasteiger partial charge on any atom is -0.00773 e. The number of allylic oxidation sites excluding steroid dienone is 1. The quantitative estimate of drug-likeness (QED) is 0.703. The van der Waals surface area contributed by atoms with E-state index in [9.17, 15) is 0 Å². The van der Waals surface area contributed by atoms with Gasteiger partial charge in [-0.2, -0.15) is 0 Å². The van der Waals surface area contributed by atoms with Crippen molar-refractivity contribution < 1.29 is 0 Å². The van der Waals surface area contributed by atoms with Gasteiger partial charge in [0, 0.05) is 0 Å². The zero-order valence-corrected chi connectivity index (χ0v) is 11.3. The molecule has 0 aliphatic carbocycles. The fourth-order valence-electron chi connectivity index (χ4n) is 2.06. The zero-order valence-electron chi connectivity index (χ0n) is 11.3. The van der Waals surface area contributed by atoms with Crippen LogP contribution in [0.2, 0.25) is 0 Å². The van der Waals surface area contributed by atoms with E-state index in [1.807, 2.05) is 0 Å². The number of unbranched alkanes of at least 4 members (excludes halogenated alkanes) is 2. The van der Waals surface area contributed by atoms with Gasteiger partial charge in [0.05, 0.1) is 0 Å². The van der Waals surface area contributed by atoms with Crippen LogP contribution in [0.4, 0.5) is 0 Å². The Labute approximate surface area is 106 Å². The summed E-state index contributed by atoms with van der Waals surface area (Å²) in [5, 5.41) is 0. The van der Waals surface area contributed by atoms with Crippen molar-refractivity contribution in [2.45, 2.75) is 46.0 Å². The van der Waals surface area contributed by atoms with Gasteiger partial charge in [-0.05, 0) is 55.9 Å². The standard InChI is InChI=1S/C16H25N/c1-4-14(3)16-12-13(2)9-10-15(16)8-6-5-7-11-17/h9-10,12H,3-8,11,17H2,1-2H3. The number of nitrogens with two attached hydrogens (primary N) is 1. The van der Waals surface area contributed by atoms with Gasteiger partial charge in [0.1, 0.15) is 0 Å². The molecule has 94 valence electrons. The molecule has 0 spiro atoms. The van der Waals surface area contributed by atoms with Gasteiger partial charge in [-0.25, -0.2) is 0 Å². The highest BCUT2D eigenvalue weighted by Gasteiger charge is 2.05. The number of rotatable bonds is 7. The van der Waals surface area contributed by atoms with Gasteiger partial charge in [0.2, 0.25) is 0 Å². The van der Waals surface area contributed by atoms with E-state index in [4.69, 9.17) is 5.73 Å². The lowest BCUT2D eigenvalue weighted by Crippen LogP contribution is -1.99. The van der Waals surface area contributed by atoms with Crippen LogP contribution in [0.5, 0.6) is 0 Å². The van der Waals surface area contributed by atoms with Gasteiger partial charge in [-0.15, -0.1) is 0 Å². The largest absolute Gasteiger partial charge is 0.330 e. The van der Waals surface area contributed by atoms with Crippen molar-refractivity contribution in [3.05, 3.63) is 41.5 Å². The lowest BCUT2D eigenvalue weighted by Gasteiger charge is -2.12. The third-order valence-corrected chi connectivity index (χ3v) is 3.22. The molecular formula is C16H25N. The molecule has 1 aromatic rings. The first-order valence-corrected chi connectivity index (χ1v) is 6.66. The summed E-state index contributed by atoms with van der Waals surface area (Å²) in [7, 11) is 0. The molecule has 0 amide bonds. The fourth-order valence-corrected chi connectivity index (χ4v) is 2.06. The second-order valence-corrected chi connectivity index (χ2v) is 4.72. The van der Waals surface area contributed by atoms with Gasteiger partial charge >= 0.3 is 0 Å². The summed E-state index contributed by atoms with van der Waals surface area (Å²) in [6.07, 6.45) is 5.76. The lowest BCUT2D eigenvalue weighted by molar-refractivity contribution is 0.686. The number of benzene rings is 1. The van der Waals surface area contributed by atoms with Crippen molar-refractivity contribution in [2.24, 2.45) is 5.73 Å². The minimum absolute atomic E-state index is 0.808. The van der Waals surface area contributed by atoms with Crippen LogP contribution in [0.15, 0.2) is 24.8 Å². The van der Waals surface area contributed by atoms with Crippen molar-refractivity contribution in [1.82, 2.24) is 0 Å². The maximum atomic E-state index is 5.51. The van der Waals surface area contributed by atoms with Crippen molar-refractivity contribution in [1.29, 1.82) is 0 Å². The van der Waals surface area contributed by atoms with Crippen LogP contribution in [-0.2, 0) is 6.42 Å². The van der Waals surface area contributed by atoms with E-state index in [1.165, 1.54) is 35.1 Å². The molecule has 0 radical (unpaired) electrons. The Morgan fingerprint density at radius 3 is 2.65 bits per heavy atom. The summed E-state index contributed by atoms with van der Waals surface area (Å²) in [5.74, 6) is 0. The van der Waals surface area contributed by atoms with E-state index in [2.05, 4.69) is 38.6 Å². The molecule has 1 heteroatoms. The first kappa shape index (κ1) is 14.0. The van der Waals surface area contributed by atoms with Crippen LogP contribution >= 0.6 is 0 Å². The first-order valence-electron chi connectivity index (χ1n) is 6.66. The van der Waals surface area contributed by atoms with Crippen LogP contribution in [0.3, 0.4) is 0 Å².